The standard InChI is InChI=1S/C11H23NOS/c1-10(2,3)9(13)8(7-14)12-11(4,5)6/h8,12,14H,7H2,1-6H3/t8-/m1/s1. The highest BCUT2D eigenvalue weighted by atomic mass is 32.1. The highest BCUT2D eigenvalue weighted by molar-refractivity contribution is 7.80. The minimum atomic E-state index is -0.300. The summed E-state index contributed by atoms with van der Waals surface area (Å²) in [6.45, 7) is 12.0. The van der Waals surface area contributed by atoms with Crippen molar-refractivity contribution in [3.63, 3.8) is 0 Å². The smallest absolute Gasteiger partial charge is 0.155 e. The molecule has 0 saturated carbocycles. The number of hydrogen-bond donors (Lipinski definition) is 2. The zero-order valence-corrected chi connectivity index (χ0v) is 11.0. The van der Waals surface area contributed by atoms with Gasteiger partial charge in [0, 0.05) is 16.7 Å². The van der Waals surface area contributed by atoms with Gasteiger partial charge in [-0.3, -0.25) is 4.79 Å². The summed E-state index contributed by atoms with van der Waals surface area (Å²) in [5.41, 5.74) is -0.347. The fourth-order valence-corrected chi connectivity index (χ4v) is 1.50. The number of Topliss-reactive ketones (excluding diaryl/α,β-unsaturated/α-hetero) is 1. The largest absolute Gasteiger partial charge is 0.302 e. The van der Waals surface area contributed by atoms with Crippen LogP contribution in [0.3, 0.4) is 0 Å². The van der Waals surface area contributed by atoms with Crippen LogP contribution in [0.5, 0.6) is 0 Å². The lowest BCUT2D eigenvalue weighted by Crippen LogP contribution is -2.51. The molecule has 0 amide bonds. The van der Waals surface area contributed by atoms with Gasteiger partial charge in [0.05, 0.1) is 6.04 Å². The number of carbonyl (C=O) groups excluding carboxylic acids is 1. The third kappa shape index (κ3) is 5.01. The highest BCUT2D eigenvalue weighted by Crippen LogP contribution is 2.18. The number of nitrogens with one attached hydrogen (secondary N) is 1. The molecule has 0 radical (unpaired) electrons. The van der Waals surface area contributed by atoms with Crippen molar-refractivity contribution in [1.29, 1.82) is 0 Å². The lowest BCUT2D eigenvalue weighted by atomic mass is 9.86. The van der Waals surface area contributed by atoms with E-state index < -0.39 is 0 Å². The Morgan fingerprint density at radius 2 is 1.64 bits per heavy atom. The number of ketones is 1. The Bertz CT molecular complexity index is 200. The van der Waals surface area contributed by atoms with Crippen molar-refractivity contribution < 1.29 is 4.79 Å². The summed E-state index contributed by atoms with van der Waals surface area (Å²) in [6.07, 6.45) is 0. The molecular weight excluding hydrogens is 194 g/mol. The van der Waals surface area contributed by atoms with Crippen LogP contribution in [0.1, 0.15) is 41.5 Å². The van der Waals surface area contributed by atoms with E-state index in [9.17, 15) is 4.79 Å². The molecule has 0 aliphatic heterocycles. The summed E-state index contributed by atoms with van der Waals surface area (Å²) in [6, 6.07) is -0.154. The van der Waals surface area contributed by atoms with Gasteiger partial charge in [-0.25, -0.2) is 0 Å². The second kappa shape index (κ2) is 4.67. The van der Waals surface area contributed by atoms with Gasteiger partial charge in [0.25, 0.3) is 0 Å². The van der Waals surface area contributed by atoms with Gasteiger partial charge in [0.15, 0.2) is 5.78 Å². The van der Waals surface area contributed by atoms with E-state index in [0.29, 0.717) is 5.75 Å². The van der Waals surface area contributed by atoms with E-state index in [1.165, 1.54) is 0 Å². The predicted molar refractivity (Wildman–Crippen MR) is 65.0 cm³/mol. The molecule has 0 fully saturated rings. The van der Waals surface area contributed by atoms with Crippen LogP contribution in [0, 0.1) is 5.41 Å². The molecule has 0 unspecified atom stereocenters. The Hall–Kier alpha value is -0.0200. The summed E-state index contributed by atoms with van der Waals surface area (Å²) in [7, 11) is 0. The van der Waals surface area contributed by atoms with Crippen LogP contribution >= 0.6 is 12.6 Å². The maximum absolute atomic E-state index is 12.0. The summed E-state index contributed by atoms with van der Waals surface area (Å²) in [4.78, 5) is 12.0. The number of carbonyl (C=O) groups is 1. The maximum Gasteiger partial charge on any atom is 0.155 e. The van der Waals surface area contributed by atoms with E-state index in [1.807, 2.05) is 20.8 Å². The number of thiol groups is 1. The molecule has 3 heteroatoms. The SMILES string of the molecule is CC(C)(C)N[C@H](CS)C(=O)C(C)(C)C. The zero-order chi connectivity index (χ0) is 11.6. The Morgan fingerprint density at radius 3 is 1.86 bits per heavy atom. The predicted octanol–water partition coefficient (Wildman–Crippen LogP) is 2.29. The molecule has 2 nitrogen and oxygen atoms in total. The van der Waals surface area contributed by atoms with Crippen LogP contribution < -0.4 is 5.32 Å². The van der Waals surface area contributed by atoms with Crippen molar-refractivity contribution in [1.82, 2.24) is 5.32 Å². The molecule has 0 aliphatic carbocycles. The molecular formula is C11H23NOS. The normalized spacial score (nSPS) is 15.4. The Labute approximate surface area is 93.3 Å². The molecule has 84 valence electrons. The van der Waals surface area contributed by atoms with Crippen LogP contribution in [0.15, 0.2) is 0 Å². The molecule has 1 N–H and O–H groups in total. The Morgan fingerprint density at radius 1 is 1.21 bits per heavy atom. The van der Waals surface area contributed by atoms with Gasteiger partial charge in [-0.05, 0) is 20.8 Å². The first-order valence-corrected chi connectivity index (χ1v) is 5.64. The Balaban J connectivity index is 4.51. The van der Waals surface area contributed by atoms with Crippen LogP contribution in [-0.4, -0.2) is 23.1 Å². The monoisotopic (exact) mass is 217 g/mol. The van der Waals surface area contributed by atoms with Crippen molar-refractivity contribution in [2.75, 3.05) is 5.75 Å². The third-order valence-corrected chi connectivity index (χ3v) is 2.21. The van der Waals surface area contributed by atoms with E-state index in [1.54, 1.807) is 0 Å². The number of rotatable bonds is 3. The fourth-order valence-electron chi connectivity index (χ4n) is 1.24. The van der Waals surface area contributed by atoms with Gasteiger partial charge >= 0.3 is 0 Å². The average molecular weight is 217 g/mol. The molecule has 0 spiro atoms. The second-order valence-corrected chi connectivity index (χ2v) is 6.11. The topological polar surface area (TPSA) is 29.1 Å². The van der Waals surface area contributed by atoms with Crippen LogP contribution in [0.2, 0.25) is 0 Å². The quantitative estimate of drug-likeness (QED) is 0.710. The van der Waals surface area contributed by atoms with E-state index in [0.717, 1.165) is 0 Å². The second-order valence-electron chi connectivity index (χ2n) is 5.74. The van der Waals surface area contributed by atoms with Crippen molar-refractivity contribution in [3.8, 4) is 0 Å². The molecule has 0 aromatic rings. The molecule has 0 aliphatic rings. The van der Waals surface area contributed by atoms with Gasteiger partial charge < -0.3 is 5.32 Å². The van der Waals surface area contributed by atoms with Crippen molar-refractivity contribution >= 4 is 18.4 Å². The number of hydrogen-bond acceptors (Lipinski definition) is 3. The summed E-state index contributed by atoms with van der Waals surface area (Å²) >= 11 is 4.22. The molecule has 0 saturated heterocycles. The summed E-state index contributed by atoms with van der Waals surface area (Å²) in [5, 5.41) is 3.29. The van der Waals surface area contributed by atoms with Crippen molar-refractivity contribution in [3.05, 3.63) is 0 Å². The van der Waals surface area contributed by atoms with Crippen LogP contribution in [-0.2, 0) is 4.79 Å². The molecule has 1 atom stereocenters. The third-order valence-electron chi connectivity index (χ3n) is 1.85. The Kier molecular flexibility index (Phi) is 4.66. The first kappa shape index (κ1) is 14.0. The average Bonchev–Trinajstić information content (AvgIpc) is 1.95. The molecule has 0 aromatic carbocycles. The van der Waals surface area contributed by atoms with Crippen molar-refractivity contribution in [2.24, 2.45) is 5.41 Å². The first-order valence-electron chi connectivity index (χ1n) is 5.01. The van der Waals surface area contributed by atoms with Gasteiger partial charge in [-0.1, -0.05) is 20.8 Å². The van der Waals surface area contributed by atoms with Gasteiger partial charge in [-0.15, -0.1) is 0 Å². The molecule has 0 aromatic heterocycles. The highest BCUT2D eigenvalue weighted by Gasteiger charge is 2.30. The van der Waals surface area contributed by atoms with Gasteiger partial charge in [0.2, 0.25) is 0 Å². The van der Waals surface area contributed by atoms with E-state index in [4.69, 9.17) is 0 Å². The van der Waals surface area contributed by atoms with Crippen LogP contribution in [0.25, 0.3) is 0 Å². The van der Waals surface area contributed by atoms with E-state index in [-0.39, 0.29) is 22.8 Å². The molecule has 0 bridgehead atoms. The lowest BCUT2D eigenvalue weighted by molar-refractivity contribution is -0.128. The molecule has 0 heterocycles. The van der Waals surface area contributed by atoms with Gasteiger partial charge in [-0.2, -0.15) is 12.6 Å². The lowest BCUT2D eigenvalue weighted by Gasteiger charge is -2.30. The molecule has 0 rings (SSSR count). The first-order chi connectivity index (χ1) is 6.08. The summed E-state index contributed by atoms with van der Waals surface area (Å²) in [5.74, 6) is 0.773. The zero-order valence-electron chi connectivity index (χ0n) is 10.1. The summed E-state index contributed by atoms with van der Waals surface area (Å²) < 4.78 is 0. The maximum atomic E-state index is 12.0. The molecule has 14 heavy (non-hydrogen) atoms. The van der Waals surface area contributed by atoms with E-state index in [2.05, 4.69) is 38.7 Å². The fraction of sp³-hybridized carbons (Fsp3) is 0.909. The minimum Gasteiger partial charge on any atom is -0.302 e. The van der Waals surface area contributed by atoms with Gasteiger partial charge in [0.1, 0.15) is 0 Å². The minimum absolute atomic E-state index is 0.0473. The van der Waals surface area contributed by atoms with Crippen LogP contribution in [0.4, 0.5) is 0 Å². The van der Waals surface area contributed by atoms with E-state index >= 15 is 0 Å². The van der Waals surface area contributed by atoms with Crippen molar-refractivity contribution in [2.45, 2.75) is 53.1 Å².